The molecule has 0 fully saturated rings. The van der Waals surface area contributed by atoms with Crippen molar-refractivity contribution in [3.05, 3.63) is 57.1 Å². The van der Waals surface area contributed by atoms with Crippen molar-refractivity contribution < 1.29 is 9.53 Å². The number of carbonyl (C=O) groups excluding carboxylic acids is 1. The van der Waals surface area contributed by atoms with Crippen molar-refractivity contribution in [1.29, 1.82) is 5.26 Å². The van der Waals surface area contributed by atoms with Gasteiger partial charge in [0.1, 0.15) is 5.82 Å². The maximum absolute atomic E-state index is 12.6. The van der Waals surface area contributed by atoms with Crippen LogP contribution in [0, 0.1) is 32.1 Å². The zero-order chi connectivity index (χ0) is 18.0. The lowest BCUT2D eigenvalue weighted by Gasteiger charge is -2.30. The van der Waals surface area contributed by atoms with Crippen LogP contribution in [0.3, 0.4) is 0 Å². The molecule has 1 aliphatic heterocycles. The minimum Gasteiger partial charge on any atom is -0.463 e. The molecule has 1 atom stereocenters. The highest BCUT2D eigenvalue weighted by molar-refractivity contribution is 5.93. The molecule has 5 heteroatoms. The lowest BCUT2D eigenvalue weighted by molar-refractivity contribution is -0.138. The van der Waals surface area contributed by atoms with Crippen LogP contribution in [-0.2, 0) is 9.53 Å². The summed E-state index contributed by atoms with van der Waals surface area (Å²) in [6, 6.07) is 6.27. The fourth-order valence-corrected chi connectivity index (χ4v) is 3.39. The zero-order valence-electron chi connectivity index (χ0n) is 14.8. The Bertz CT molecular complexity index is 774. The van der Waals surface area contributed by atoms with Crippen molar-refractivity contribution in [3.8, 4) is 6.07 Å². The number of allylic oxidation sites excluding steroid dienone is 2. The molecule has 0 radical (unpaired) electrons. The molecule has 1 aromatic rings. The Labute approximate surface area is 142 Å². The van der Waals surface area contributed by atoms with E-state index in [0.29, 0.717) is 16.8 Å². The van der Waals surface area contributed by atoms with Gasteiger partial charge in [0.25, 0.3) is 0 Å². The summed E-state index contributed by atoms with van der Waals surface area (Å²) in [4.78, 5) is 12.6. The van der Waals surface area contributed by atoms with E-state index in [-0.39, 0.29) is 12.4 Å². The molecule has 2 rings (SSSR count). The van der Waals surface area contributed by atoms with Crippen molar-refractivity contribution in [2.45, 2.75) is 40.5 Å². The first-order valence-electron chi connectivity index (χ1n) is 7.94. The monoisotopic (exact) mass is 325 g/mol. The molecule has 1 aromatic carbocycles. The van der Waals surface area contributed by atoms with Crippen LogP contribution in [0.1, 0.15) is 42.0 Å². The van der Waals surface area contributed by atoms with E-state index in [1.807, 2.05) is 32.9 Å². The number of hydrogen-bond donors (Lipinski definition) is 2. The molecule has 0 aliphatic carbocycles. The minimum atomic E-state index is -0.518. The van der Waals surface area contributed by atoms with Crippen LogP contribution in [0.5, 0.6) is 0 Å². The Balaban J connectivity index is 2.75. The predicted octanol–water partition coefficient (Wildman–Crippen LogP) is 2.83. The van der Waals surface area contributed by atoms with Crippen LogP contribution in [0.25, 0.3) is 0 Å². The molecule has 1 aliphatic rings. The van der Waals surface area contributed by atoms with E-state index in [0.717, 1.165) is 22.3 Å². The molecule has 0 bridgehead atoms. The van der Waals surface area contributed by atoms with Gasteiger partial charge in [-0.2, -0.15) is 5.26 Å². The first kappa shape index (κ1) is 17.6. The lowest BCUT2D eigenvalue weighted by Crippen LogP contribution is -2.33. The van der Waals surface area contributed by atoms with E-state index in [9.17, 15) is 10.1 Å². The molecule has 126 valence electrons. The van der Waals surface area contributed by atoms with Gasteiger partial charge < -0.3 is 15.8 Å². The molecule has 0 aromatic heterocycles. The number of nitrogens with zero attached hydrogens (tertiary/aromatic N) is 1. The summed E-state index contributed by atoms with van der Waals surface area (Å²) in [5.74, 6) is -0.657. The van der Waals surface area contributed by atoms with E-state index >= 15 is 0 Å². The molecule has 0 saturated carbocycles. The van der Waals surface area contributed by atoms with Gasteiger partial charge in [-0.3, -0.25) is 0 Å². The summed E-state index contributed by atoms with van der Waals surface area (Å²) in [6.07, 6.45) is 0. The Morgan fingerprint density at radius 1 is 1.29 bits per heavy atom. The number of aryl methyl sites for hydroxylation is 3. The van der Waals surface area contributed by atoms with Crippen LogP contribution in [0.15, 0.2) is 34.8 Å². The van der Waals surface area contributed by atoms with Gasteiger partial charge in [0.15, 0.2) is 0 Å². The molecule has 0 saturated heterocycles. The van der Waals surface area contributed by atoms with Gasteiger partial charge in [0, 0.05) is 5.70 Å². The highest BCUT2D eigenvalue weighted by atomic mass is 16.5. The van der Waals surface area contributed by atoms with E-state index in [1.165, 1.54) is 0 Å². The van der Waals surface area contributed by atoms with Crippen molar-refractivity contribution in [1.82, 2.24) is 5.32 Å². The quantitative estimate of drug-likeness (QED) is 0.834. The van der Waals surface area contributed by atoms with Crippen LogP contribution < -0.4 is 11.1 Å². The van der Waals surface area contributed by atoms with Gasteiger partial charge in [-0.1, -0.05) is 17.7 Å². The van der Waals surface area contributed by atoms with Crippen LogP contribution in [0.4, 0.5) is 0 Å². The highest BCUT2D eigenvalue weighted by Crippen LogP contribution is 2.40. The standard InChI is InChI=1S/C19H23N3O2/c1-6-24-19(23)16-13(5)22-18(21)14(9-20)17(16)15-11(3)7-10(2)8-12(15)4/h7-8,17,22H,6,21H2,1-5H3/t17-/m0/s1. The van der Waals surface area contributed by atoms with Gasteiger partial charge in [-0.05, 0) is 51.3 Å². The highest BCUT2D eigenvalue weighted by Gasteiger charge is 2.36. The third kappa shape index (κ3) is 3.00. The zero-order valence-corrected chi connectivity index (χ0v) is 14.8. The lowest BCUT2D eigenvalue weighted by atomic mass is 9.78. The number of nitrogens with one attached hydrogen (secondary N) is 1. The van der Waals surface area contributed by atoms with Crippen LogP contribution in [-0.4, -0.2) is 12.6 Å². The maximum Gasteiger partial charge on any atom is 0.336 e. The summed E-state index contributed by atoms with van der Waals surface area (Å²) < 4.78 is 5.23. The third-order valence-corrected chi connectivity index (χ3v) is 4.24. The Hall–Kier alpha value is -2.74. The second kappa shape index (κ2) is 6.79. The molecule has 1 heterocycles. The average molecular weight is 325 g/mol. The SMILES string of the molecule is CCOC(=O)C1=C(C)NC(N)=C(C#N)[C@H]1c1c(C)cc(C)cc1C. The number of nitriles is 1. The van der Waals surface area contributed by atoms with Crippen molar-refractivity contribution in [3.63, 3.8) is 0 Å². The summed E-state index contributed by atoms with van der Waals surface area (Å²) in [5.41, 5.74) is 11.6. The number of hydrogen-bond acceptors (Lipinski definition) is 5. The molecule has 24 heavy (non-hydrogen) atoms. The Morgan fingerprint density at radius 3 is 2.38 bits per heavy atom. The van der Waals surface area contributed by atoms with E-state index in [1.54, 1.807) is 13.8 Å². The number of ether oxygens (including phenoxy) is 1. The van der Waals surface area contributed by atoms with Crippen molar-refractivity contribution >= 4 is 5.97 Å². The fourth-order valence-electron chi connectivity index (χ4n) is 3.39. The molecule has 0 spiro atoms. The topological polar surface area (TPSA) is 88.1 Å². The first-order valence-corrected chi connectivity index (χ1v) is 7.94. The predicted molar refractivity (Wildman–Crippen MR) is 92.7 cm³/mol. The summed E-state index contributed by atoms with van der Waals surface area (Å²) in [6.45, 7) is 9.81. The van der Waals surface area contributed by atoms with Gasteiger partial charge in [0.2, 0.25) is 0 Å². The second-order valence-electron chi connectivity index (χ2n) is 6.07. The molecular weight excluding hydrogens is 302 g/mol. The van der Waals surface area contributed by atoms with Crippen LogP contribution >= 0.6 is 0 Å². The summed E-state index contributed by atoms with van der Waals surface area (Å²) in [5, 5.41) is 12.6. The fraction of sp³-hybridized carbons (Fsp3) is 0.368. The van der Waals surface area contributed by atoms with Gasteiger partial charge >= 0.3 is 5.97 Å². The van der Waals surface area contributed by atoms with Crippen LogP contribution in [0.2, 0.25) is 0 Å². The number of esters is 1. The first-order chi connectivity index (χ1) is 11.3. The van der Waals surface area contributed by atoms with Gasteiger partial charge in [-0.25, -0.2) is 4.79 Å². The average Bonchev–Trinajstić information content (AvgIpc) is 2.46. The Morgan fingerprint density at radius 2 is 1.88 bits per heavy atom. The molecule has 5 nitrogen and oxygen atoms in total. The Kier molecular flexibility index (Phi) is 4.99. The van der Waals surface area contributed by atoms with Gasteiger partial charge in [0.05, 0.1) is 29.7 Å². The number of benzene rings is 1. The minimum absolute atomic E-state index is 0.273. The molecule has 0 unspecified atom stereocenters. The van der Waals surface area contributed by atoms with Crippen molar-refractivity contribution in [2.24, 2.45) is 5.73 Å². The smallest absolute Gasteiger partial charge is 0.336 e. The second-order valence-corrected chi connectivity index (χ2v) is 6.07. The molecule has 3 N–H and O–H groups in total. The number of nitrogens with two attached hydrogens (primary N) is 1. The normalized spacial score (nSPS) is 17.4. The molecule has 0 amide bonds. The largest absolute Gasteiger partial charge is 0.463 e. The maximum atomic E-state index is 12.6. The van der Waals surface area contributed by atoms with E-state index in [4.69, 9.17) is 10.5 Å². The summed E-state index contributed by atoms with van der Waals surface area (Å²) in [7, 11) is 0. The number of dihydropyridines is 1. The number of carbonyl (C=O) groups is 1. The van der Waals surface area contributed by atoms with Crippen molar-refractivity contribution in [2.75, 3.05) is 6.61 Å². The van der Waals surface area contributed by atoms with Gasteiger partial charge in [-0.15, -0.1) is 0 Å². The molecular formula is C19H23N3O2. The van der Waals surface area contributed by atoms with E-state index < -0.39 is 11.9 Å². The van der Waals surface area contributed by atoms with E-state index in [2.05, 4.69) is 11.4 Å². The number of rotatable bonds is 3. The third-order valence-electron chi connectivity index (χ3n) is 4.24. The summed E-state index contributed by atoms with van der Waals surface area (Å²) >= 11 is 0.